The van der Waals surface area contributed by atoms with Crippen molar-refractivity contribution < 1.29 is 9.18 Å². The molecule has 74 valence electrons. The molecule has 0 saturated heterocycles. The molecular weight excluding hydrogens is 205 g/mol. The lowest BCUT2D eigenvalue weighted by Crippen LogP contribution is -2.11. The highest BCUT2D eigenvalue weighted by molar-refractivity contribution is 6.31. The number of hydrogen-bond acceptors (Lipinski definition) is 1. The van der Waals surface area contributed by atoms with Gasteiger partial charge >= 0.3 is 0 Å². The lowest BCUT2D eigenvalue weighted by atomic mass is 10.2. The van der Waals surface area contributed by atoms with Crippen molar-refractivity contribution in [1.29, 1.82) is 0 Å². The molecule has 0 bridgehead atoms. The van der Waals surface area contributed by atoms with Gasteiger partial charge < -0.3 is 5.32 Å². The molecule has 0 aromatic heterocycles. The van der Waals surface area contributed by atoms with Crippen LogP contribution in [0.15, 0.2) is 30.6 Å². The van der Waals surface area contributed by atoms with Crippen LogP contribution in [0.3, 0.4) is 0 Å². The second-order valence-corrected chi connectivity index (χ2v) is 3.23. The van der Waals surface area contributed by atoms with Gasteiger partial charge in [-0.3, -0.25) is 4.79 Å². The Balaban J connectivity index is 2.83. The molecule has 0 atom stereocenters. The van der Waals surface area contributed by atoms with Crippen molar-refractivity contribution in [1.82, 2.24) is 0 Å². The number of halogens is 2. The summed E-state index contributed by atoms with van der Waals surface area (Å²) in [6.07, 6.45) is 0. The Hall–Kier alpha value is -1.35. The number of rotatable bonds is 2. The van der Waals surface area contributed by atoms with Gasteiger partial charge in [0.2, 0.25) is 0 Å². The SMILES string of the molecule is C=C(F)C(=O)Nc1ccc(C)c(Cl)c1. The second kappa shape index (κ2) is 4.24. The van der Waals surface area contributed by atoms with Crippen molar-refractivity contribution in [2.24, 2.45) is 0 Å². The summed E-state index contributed by atoms with van der Waals surface area (Å²) in [5.74, 6) is -1.88. The van der Waals surface area contributed by atoms with Crippen LogP contribution in [0.5, 0.6) is 0 Å². The van der Waals surface area contributed by atoms with Gasteiger partial charge in [0.25, 0.3) is 5.91 Å². The summed E-state index contributed by atoms with van der Waals surface area (Å²) in [4.78, 5) is 10.9. The van der Waals surface area contributed by atoms with Gasteiger partial charge in [-0.25, -0.2) is 4.39 Å². The van der Waals surface area contributed by atoms with Crippen molar-refractivity contribution in [3.05, 3.63) is 41.2 Å². The Morgan fingerprint density at radius 3 is 2.71 bits per heavy atom. The average molecular weight is 214 g/mol. The van der Waals surface area contributed by atoms with Crippen LogP contribution in [-0.2, 0) is 4.79 Å². The molecule has 1 aromatic carbocycles. The maximum atomic E-state index is 12.3. The molecule has 0 aliphatic heterocycles. The summed E-state index contributed by atoms with van der Waals surface area (Å²) in [6.45, 7) is 4.71. The van der Waals surface area contributed by atoms with E-state index in [1.54, 1.807) is 18.2 Å². The van der Waals surface area contributed by atoms with Crippen LogP contribution in [0.25, 0.3) is 0 Å². The van der Waals surface area contributed by atoms with E-state index in [-0.39, 0.29) is 0 Å². The fourth-order valence-electron chi connectivity index (χ4n) is 0.870. The number of aryl methyl sites for hydroxylation is 1. The quantitative estimate of drug-likeness (QED) is 0.752. The van der Waals surface area contributed by atoms with Gasteiger partial charge in [0.1, 0.15) is 0 Å². The standard InChI is InChI=1S/C10H9ClFNO/c1-6-3-4-8(5-9(6)11)13-10(14)7(2)12/h3-5H,2H2,1H3,(H,13,14). The molecule has 1 N–H and O–H groups in total. The summed E-state index contributed by atoms with van der Waals surface area (Å²) in [5.41, 5.74) is 1.34. The first-order valence-electron chi connectivity index (χ1n) is 3.92. The van der Waals surface area contributed by atoms with Crippen LogP contribution in [0, 0.1) is 6.92 Å². The highest BCUT2D eigenvalue weighted by atomic mass is 35.5. The van der Waals surface area contributed by atoms with E-state index in [0.29, 0.717) is 10.7 Å². The molecule has 0 unspecified atom stereocenters. The van der Waals surface area contributed by atoms with Crippen molar-refractivity contribution in [2.45, 2.75) is 6.92 Å². The van der Waals surface area contributed by atoms with E-state index >= 15 is 0 Å². The van der Waals surface area contributed by atoms with E-state index in [1.807, 2.05) is 6.92 Å². The zero-order valence-corrected chi connectivity index (χ0v) is 8.36. The third-order valence-electron chi connectivity index (χ3n) is 1.68. The molecule has 2 nitrogen and oxygen atoms in total. The molecule has 14 heavy (non-hydrogen) atoms. The predicted molar refractivity (Wildman–Crippen MR) is 55.1 cm³/mol. The first-order valence-corrected chi connectivity index (χ1v) is 4.30. The summed E-state index contributed by atoms with van der Waals surface area (Å²) in [6, 6.07) is 4.93. The maximum absolute atomic E-state index is 12.3. The van der Waals surface area contributed by atoms with Gasteiger partial charge in [0.15, 0.2) is 5.83 Å². The number of hydrogen-bond donors (Lipinski definition) is 1. The van der Waals surface area contributed by atoms with Gasteiger partial charge in [0.05, 0.1) is 0 Å². The van der Waals surface area contributed by atoms with Gasteiger partial charge in [-0.05, 0) is 24.6 Å². The summed E-state index contributed by atoms with van der Waals surface area (Å²) < 4.78 is 12.3. The lowest BCUT2D eigenvalue weighted by Gasteiger charge is -2.04. The zero-order valence-electron chi connectivity index (χ0n) is 7.60. The van der Waals surface area contributed by atoms with Gasteiger partial charge in [0, 0.05) is 10.7 Å². The molecule has 1 amide bonds. The van der Waals surface area contributed by atoms with Crippen molar-refractivity contribution in [3.63, 3.8) is 0 Å². The minimum absolute atomic E-state index is 0.449. The molecule has 4 heteroatoms. The highest BCUT2D eigenvalue weighted by Crippen LogP contribution is 2.20. The number of amides is 1. The zero-order chi connectivity index (χ0) is 10.7. The molecule has 0 fully saturated rings. The minimum Gasteiger partial charge on any atom is -0.320 e. The van der Waals surface area contributed by atoms with Crippen LogP contribution in [0.1, 0.15) is 5.56 Å². The summed E-state index contributed by atoms with van der Waals surface area (Å²) in [7, 11) is 0. The Bertz CT molecular complexity index is 390. The molecule has 1 aromatic rings. The molecule has 0 saturated carbocycles. The summed E-state index contributed by atoms with van der Waals surface area (Å²) in [5, 5.41) is 2.83. The molecule has 0 spiro atoms. The fourth-order valence-corrected chi connectivity index (χ4v) is 1.05. The molecule has 1 rings (SSSR count). The minimum atomic E-state index is -1.03. The van der Waals surface area contributed by atoms with Crippen LogP contribution in [-0.4, -0.2) is 5.91 Å². The number of anilines is 1. The largest absolute Gasteiger partial charge is 0.320 e. The smallest absolute Gasteiger partial charge is 0.283 e. The van der Waals surface area contributed by atoms with Crippen LogP contribution in [0.2, 0.25) is 5.02 Å². The fraction of sp³-hybridized carbons (Fsp3) is 0.100. The maximum Gasteiger partial charge on any atom is 0.283 e. The molecule has 0 heterocycles. The Morgan fingerprint density at radius 2 is 2.21 bits per heavy atom. The lowest BCUT2D eigenvalue weighted by molar-refractivity contribution is -0.114. The Labute approximate surface area is 86.4 Å². The van der Waals surface area contributed by atoms with E-state index in [0.717, 1.165) is 5.56 Å². The van der Waals surface area contributed by atoms with Gasteiger partial charge in [-0.1, -0.05) is 24.2 Å². The molecule has 0 aliphatic rings. The number of benzene rings is 1. The van der Waals surface area contributed by atoms with Crippen LogP contribution in [0.4, 0.5) is 10.1 Å². The molecule has 0 radical (unpaired) electrons. The average Bonchev–Trinajstić information content (AvgIpc) is 2.11. The number of carbonyl (C=O) groups excluding carboxylic acids is 1. The Morgan fingerprint density at radius 1 is 1.57 bits per heavy atom. The van der Waals surface area contributed by atoms with Crippen molar-refractivity contribution in [3.8, 4) is 0 Å². The van der Waals surface area contributed by atoms with E-state index in [1.165, 1.54) is 0 Å². The van der Waals surface area contributed by atoms with Crippen LogP contribution >= 0.6 is 11.6 Å². The third-order valence-corrected chi connectivity index (χ3v) is 2.08. The molecular formula is C10H9ClFNO. The highest BCUT2D eigenvalue weighted by Gasteiger charge is 2.06. The Kier molecular flexibility index (Phi) is 3.25. The van der Waals surface area contributed by atoms with E-state index in [9.17, 15) is 9.18 Å². The second-order valence-electron chi connectivity index (χ2n) is 2.82. The van der Waals surface area contributed by atoms with Crippen molar-refractivity contribution >= 4 is 23.2 Å². The van der Waals surface area contributed by atoms with E-state index < -0.39 is 11.7 Å². The van der Waals surface area contributed by atoms with Crippen LogP contribution < -0.4 is 5.32 Å². The first-order chi connectivity index (χ1) is 6.50. The van der Waals surface area contributed by atoms with Gasteiger partial charge in [-0.2, -0.15) is 0 Å². The van der Waals surface area contributed by atoms with Gasteiger partial charge in [-0.15, -0.1) is 0 Å². The first kappa shape index (κ1) is 10.7. The molecule has 0 aliphatic carbocycles. The normalized spacial score (nSPS) is 9.64. The van der Waals surface area contributed by atoms with Crippen molar-refractivity contribution in [2.75, 3.05) is 5.32 Å². The monoisotopic (exact) mass is 213 g/mol. The number of carbonyl (C=O) groups is 1. The predicted octanol–water partition coefficient (Wildman–Crippen LogP) is 3.07. The third kappa shape index (κ3) is 2.57. The van der Waals surface area contributed by atoms with E-state index in [4.69, 9.17) is 11.6 Å². The topological polar surface area (TPSA) is 29.1 Å². The summed E-state index contributed by atoms with van der Waals surface area (Å²) >= 11 is 5.81. The number of nitrogens with one attached hydrogen (secondary N) is 1. The van der Waals surface area contributed by atoms with E-state index in [2.05, 4.69) is 11.9 Å².